The smallest absolute Gasteiger partial charge is 0.261 e. The third-order valence-electron chi connectivity index (χ3n) is 5.91. The maximum atomic E-state index is 12.4. The highest BCUT2D eigenvalue weighted by molar-refractivity contribution is 6.34. The molecular weight excluding hydrogens is 475 g/mol. The number of carbonyl (C=O) groups is 2. The molecule has 0 spiro atoms. The lowest BCUT2D eigenvalue weighted by Crippen LogP contribution is -2.36. The van der Waals surface area contributed by atoms with E-state index >= 15 is 0 Å². The second-order valence-electron chi connectivity index (χ2n) is 8.17. The quantitative estimate of drug-likeness (QED) is 0.524. The van der Waals surface area contributed by atoms with E-state index in [0.29, 0.717) is 40.8 Å². The zero-order valence-electron chi connectivity index (χ0n) is 19.3. The van der Waals surface area contributed by atoms with E-state index in [0.717, 1.165) is 37.0 Å². The molecule has 2 heterocycles. The highest BCUT2D eigenvalue weighted by Gasteiger charge is 2.22. The van der Waals surface area contributed by atoms with E-state index in [-0.39, 0.29) is 11.5 Å². The minimum absolute atomic E-state index is 0.0236. The average Bonchev–Trinajstić information content (AvgIpc) is 2.83. The van der Waals surface area contributed by atoms with Crippen LogP contribution in [-0.2, 0) is 22.7 Å². The van der Waals surface area contributed by atoms with Crippen LogP contribution in [0.3, 0.4) is 0 Å². The number of benzene rings is 2. The van der Waals surface area contributed by atoms with Crippen LogP contribution < -0.4 is 10.9 Å². The van der Waals surface area contributed by atoms with Crippen LogP contribution in [0.2, 0.25) is 10.0 Å². The van der Waals surface area contributed by atoms with Gasteiger partial charge in [0.1, 0.15) is 0 Å². The van der Waals surface area contributed by atoms with Crippen LogP contribution in [0.25, 0.3) is 10.9 Å². The van der Waals surface area contributed by atoms with E-state index in [9.17, 15) is 14.4 Å². The van der Waals surface area contributed by atoms with Gasteiger partial charge in [0.2, 0.25) is 12.3 Å². The molecule has 4 rings (SSSR count). The van der Waals surface area contributed by atoms with E-state index in [4.69, 9.17) is 23.2 Å². The fraction of sp³-hybridized carbons (Fsp3) is 0.360. The van der Waals surface area contributed by atoms with Crippen molar-refractivity contribution in [3.05, 3.63) is 74.3 Å². The summed E-state index contributed by atoms with van der Waals surface area (Å²) in [6, 6.07) is 11.1. The van der Waals surface area contributed by atoms with E-state index in [2.05, 4.69) is 16.4 Å². The first kappa shape index (κ1) is 25.7. The van der Waals surface area contributed by atoms with Gasteiger partial charge in [-0.3, -0.25) is 19.0 Å². The number of carbonyl (C=O) groups excluding carboxylic acids is 2. The maximum Gasteiger partial charge on any atom is 0.261 e. The number of nitrogens with one attached hydrogen (secondary N) is 1. The van der Waals surface area contributed by atoms with Gasteiger partial charge in [-0.25, -0.2) is 4.98 Å². The molecule has 1 N–H and O–H groups in total. The van der Waals surface area contributed by atoms with Crippen molar-refractivity contribution in [2.45, 2.75) is 45.7 Å². The lowest BCUT2D eigenvalue weighted by molar-refractivity contribution is -0.129. The molecular formula is C25H28Cl2N4O3. The second-order valence-corrected chi connectivity index (χ2v) is 9.04. The Bertz CT molecular complexity index is 1200. The van der Waals surface area contributed by atoms with Crippen molar-refractivity contribution < 1.29 is 9.59 Å². The summed E-state index contributed by atoms with van der Waals surface area (Å²) in [5.41, 5.74) is 2.85. The number of likely N-dealkylation sites (tertiary alicyclic amines) is 1. The molecule has 0 saturated carbocycles. The highest BCUT2D eigenvalue weighted by Crippen LogP contribution is 2.29. The van der Waals surface area contributed by atoms with Crippen molar-refractivity contribution in [2.24, 2.45) is 0 Å². The first-order valence-electron chi connectivity index (χ1n) is 11.2. The van der Waals surface area contributed by atoms with Gasteiger partial charge in [-0.15, -0.1) is 0 Å². The molecule has 0 aliphatic carbocycles. The minimum Gasteiger partial charge on any atom is -0.355 e. The lowest BCUT2D eigenvalue weighted by Gasteiger charge is -2.31. The summed E-state index contributed by atoms with van der Waals surface area (Å²) in [6.07, 6.45) is 4.14. The second kappa shape index (κ2) is 12.0. The Labute approximate surface area is 208 Å². The number of amides is 2. The molecule has 9 heteroatoms. The SMILES string of the molecule is CCn1cnc2ccc(C3CCN(C(C)=O)CC3)cc2c1=O.O=CNCc1cc(Cl)cc(Cl)c1. The Kier molecular flexibility index (Phi) is 9.07. The first-order valence-corrected chi connectivity index (χ1v) is 11.9. The number of fused-ring (bicyclic) bond motifs is 1. The summed E-state index contributed by atoms with van der Waals surface area (Å²) in [5, 5.41) is 4.36. The zero-order chi connectivity index (χ0) is 24.7. The molecule has 1 aliphatic heterocycles. The fourth-order valence-corrected chi connectivity index (χ4v) is 4.63. The molecule has 0 unspecified atom stereocenters. The number of hydrogen-bond donors (Lipinski definition) is 1. The van der Waals surface area contributed by atoms with Crippen LogP contribution in [-0.4, -0.2) is 39.9 Å². The van der Waals surface area contributed by atoms with Crippen LogP contribution >= 0.6 is 23.2 Å². The maximum absolute atomic E-state index is 12.4. The van der Waals surface area contributed by atoms with Crippen molar-refractivity contribution in [3.63, 3.8) is 0 Å². The summed E-state index contributed by atoms with van der Waals surface area (Å²) in [6.45, 7) is 6.23. The lowest BCUT2D eigenvalue weighted by atomic mass is 9.89. The Morgan fingerprint density at radius 2 is 1.82 bits per heavy atom. The molecule has 1 aromatic heterocycles. The van der Waals surface area contributed by atoms with Crippen LogP contribution in [0.15, 0.2) is 47.5 Å². The molecule has 34 heavy (non-hydrogen) atoms. The predicted octanol–water partition coefficient (Wildman–Crippen LogP) is 4.38. The monoisotopic (exact) mass is 502 g/mol. The van der Waals surface area contributed by atoms with Crippen molar-refractivity contribution >= 4 is 46.4 Å². The minimum atomic E-state index is 0.0236. The number of halogens is 2. The highest BCUT2D eigenvalue weighted by atomic mass is 35.5. The van der Waals surface area contributed by atoms with Gasteiger partial charge in [-0.2, -0.15) is 0 Å². The Morgan fingerprint density at radius 1 is 1.15 bits per heavy atom. The van der Waals surface area contributed by atoms with E-state index < -0.39 is 0 Å². The van der Waals surface area contributed by atoms with Crippen LogP contribution in [0.5, 0.6) is 0 Å². The van der Waals surface area contributed by atoms with Crippen LogP contribution in [0.1, 0.15) is 43.7 Å². The molecule has 180 valence electrons. The van der Waals surface area contributed by atoms with Crippen molar-refractivity contribution in [3.8, 4) is 0 Å². The third kappa shape index (κ3) is 6.58. The summed E-state index contributed by atoms with van der Waals surface area (Å²) in [5.74, 6) is 0.557. The number of nitrogens with zero attached hydrogens (tertiary/aromatic N) is 3. The van der Waals surface area contributed by atoms with Crippen molar-refractivity contribution in [2.75, 3.05) is 13.1 Å². The van der Waals surface area contributed by atoms with E-state index in [1.54, 1.807) is 36.0 Å². The van der Waals surface area contributed by atoms with Gasteiger partial charge in [0, 0.05) is 43.1 Å². The number of rotatable bonds is 5. The van der Waals surface area contributed by atoms with Crippen molar-refractivity contribution in [1.29, 1.82) is 0 Å². The van der Waals surface area contributed by atoms with Crippen LogP contribution in [0.4, 0.5) is 0 Å². The van der Waals surface area contributed by atoms with Crippen molar-refractivity contribution in [1.82, 2.24) is 19.8 Å². The molecule has 7 nitrogen and oxygen atoms in total. The number of aromatic nitrogens is 2. The van der Waals surface area contributed by atoms with E-state index in [1.165, 1.54) is 5.56 Å². The summed E-state index contributed by atoms with van der Waals surface area (Å²) in [4.78, 5) is 40.0. The van der Waals surface area contributed by atoms with Gasteiger partial charge in [0.15, 0.2) is 0 Å². The van der Waals surface area contributed by atoms with E-state index in [1.807, 2.05) is 24.0 Å². The zero-order valence-corrected chi connectivity index (χ0v) is 20.8. The molecule has 0 bridgehead atoms. The van der Waals surface area contributed by atoms with Gasteiger partial charge >= 0.3 is 0 Å². The molecule has 0 radical (unpaired) electrons. The summed E-state index contributed by atoms with van der Waals surface area (Å²) < 4.78 is 1.63. The number of aryl methyl sites for hydroxylation is 1. The standard InChI is InChI=1S/C17H21N3O2.C8H7Cl2NO/c1-3-19-11-18-16-5-4-14(10-15(16)17(19)22)13-6-8-20(9-7-13)12(2)21;9-7-1-6(4-11-5-12)2-8(10)3-7/h4-5,10-11,13H,3,6-9H2,1-2H3;1-3,5H,4H2,(H,11,12). The molecule has 2 aromatic carbocycles. The molecule has 1 saturated heterocycles. The molecule has 0 atom stereocenters. The predicted molar refractivity (Wildman–Crippen MR) is 135 cm³/mol. The first-order chi connectivity index (χ1) is 16.3. The normalized spacial score (nSPS) is 13.8. The molecule has 1 fully saturated rings. The number of piperidine rings is 1. The Balaban J connectivity index is 0.000000229. The molecule has 1 aliphatic rings. The van der Waals surface area contributed by atoms with Crippen LogP contribution in [0, 0.1) is 0 Å². The largest absolute Gasteiger partial charge is 0.355 e. The average molecular weight is 503 g/mol. The molecule has 2 amide bonds. The molecule has 3 aromatic rings. The van der Waals surface area contributed by atoms with Gasteiger partial charge in [0.25, 0.3) is 5.56 Å². The van der Waals surface area contributed by atoms with Gasteiger partial charge in [-0.05, 0) is 67.1 Å². The summed E-state index contributed by atoms with van der Waals surface area (Å²) >= 11 is 11.5. The number of hydrogen-bond acceptors (Lipinski definition) is 4. The Morgan fingerprint density at radius 3 is 2.41 bits per heavy atom. The Hall–Kier alpha value is -2.90. The fourth-order valence-electron chi connectivity index (χ4n) is 4.06. The van der Waals surface area contributed by atoms with Gasteiger partial charge < -0.3 is 10.2 Å². The topological polar surface area (TPSA) is 84.3 Å². The van der Waals surface area contributed by atoms with Gasteiger partial charge in [-0.1, -0.05) is 29.3 Å². The third-order valence-corrected chi connectivity index (χ3v) is 6.35. The van der Waals surface area contributed by atoms with Gasteiger partial charge in [0.05, 0.1) is 17.2 Å². The summed E-state index contributed by atoms with van der Waals surface area (Å²) in [7, 11) is 0.